The number of amides is 1. The minimum Gasteiger partial charge on any atom is -0.504 e. The SMILES string of the molecule is COc1ccc(CN2CCN(Cc3nc(C(=O)N(C)C4CCCCC4)co3)CC2)cc1O. The summed E-state index contributed by atoms with van der Waals surface area (Å²) in [5.41, 5.74) is 1.47. The molecular formula is C24H34N4O4. The Morgan fingerprint density at radius 1 is 1.16 bits per heavy atom. The van der Waals surface area contributed by atoms with Crippen LogP contribution in [0, 0.1) is 0 Å². The second-order valence-electron chi connectivity index (χ2n) is 8.89. The van der Waals surface area contributed by atoms with E-state index in [1.807, 2.05) is 18.0 Å². The summed E-state index contributed by atoms with van der Waals surface area (Å²) >= 11 is 0. The summed E-state index contributed by atoms with van der Waals surface area (Å²) in [6.07, 6.45) is 7.31. The van der Waals surface area contributed by atoms with Gasteiger partial charge in [0.25, 0.3) is 5.91 Å². The van der Waals surface area contributed by atoms with Crippen molar-refractivity contribution in [2.45, 2.75) is 51.2 Å². The third kappa shape index (κ3) is 5.42. The molecule has 1 aromatic carbocycles. The van der Waals surface area contributed by atoms with Gasteiger partial charge < -0.3 is 19.2 Å². The molecule has 0 atom stereocenters. The summed E-state index contributed by atoms with van der Waals surface area (Å²) in [4.78, 5) is 23.8. The Bertz CT molecular complexity index is 901. The highest BCUT2D eigenvalue weighted by molar-refractivity contribution is 5.92. The molecule has 8 nitrogen and oxygen atoms in total. The number of hydrogen-bond donors (Lipinski definition) is 1. The summed E-state index contributed by atoms with van der Waals surface area (Å²) in [6.45, 7) is 5.03. The van der Waals surface area contributed by atoms with E-state index in [0.29, 0.717) is 29.9 Å². The topological polar surface area (TPSA) is 82.3 Å². The molecule has 1 N–H and O–H groups in total. The van der Waals surface area contributed by atoms with Crippen LogP contribution >= 0.6 is 0 Å². The average molecular weight is 443 g/mol. The lowest BCUT2D eigenvalue weighted by atomic mass is 9.94. The van der Waals surface area contributed by atoms with Gasteiger partial charge >= 0.3 is 0 Å². The van der Waals surface area contributed by atoms with Gasteiger partial charge in [-0.25, -0.2) is 4.98 Å². The number of piperazine rings is 1. The number of ether oxygens (including phenoxy) is 1. The maximum absolute atomic E-state index is 12.8. The van der Waals surface area contributed by atoms with Crippen LogP contribution in [0.3, 0.4) is 0 Å². The van der Waals surface area contributed by atoms with Crippen molar-refractivity contribution in [1.29, 1.82) is 0 Å². The fourth-order valence-electron chi connectivity index (χ4n) is 4.69. The highest BCUT2D eigenvalue weighted by Gasteiger charge is 2.26. The number of methoxy groups -OCH3 is 1. The van der Waals surface area contributed by atoms with E-state index in [-0.39, 0.29) is 11.7 Å². The minimum absolute atomic E-state index is 0.0422. The van der Waals surface area contributed by atoms with Gasteiger partial charge in [-0.15, -0.1) is 0 Å². The Morgan fingerprint density at radius 2 is 1.84 bits per heavy atom. The van der Waals surface area contributed by atoms with Crippen LogP contribution < -0.4 is 4.74 Å². The van der Waals surface area contributed by atoms with Gasteiger partial charge in [0.05, 0.1) is 13.7 Å². The summed E-state index contributed by atoms with van der Waals surface area (Å²) < 4.78 is 10.7. The lowest BCUT2D eigenvalue weighted by Crippen LogP contribution is -2.45. The monoisotopic (exact) mass is 442 g/mol. The van der Waals surface area contributed by atoms with Gasteiger partial charge in [0.1, 0.15) is 6.26 Å². The van der Waals surface area contributed by atoms with Crippen LogP contribution in [-0.4, -0.2) is 77.1 Å². The molecular weight excluding hydrogens is 408 g/mol. The Labute approximate surface area is 189 Å². The van der Waals surface area contributed by atoms with Crippen LogP contribution in [0.1, 0.15) is 54.0 Å². The normalized spacial score (nSPS) is 18.6. The molecule has 2 heterocycles. The predicted octanol–water partition coefficient (Wildman–Crippen LogP) is 3.11. The maximum Gasteiger partial charge on any atom is 0.275 e. The number of carbonyl (C=O) groups excluding carboxylic acids is 1. The zero-order valence-electron chi connectivity index (χ0n) is 19.1. The smallest absolute Gasteiger partial charge is 0.275 e. The van der Waals surface area contributed by atoms with Gasteiger partial charge in [-0.05, 0) is 30.5 Å². The van der Waals surface area contributed by atoms with E-state index < -0.39 is 0 Å². The number of hydrogen-bond acceptors (Lipinski definition) is 7. The molecule has 1 aliphatic heterocycles. The van der Waals surface area contributed by atoms with Gasteiger partial charge in [0.2, 0.25) is 5.89 Å². The summed E-state index contributed by atoms with van der Waals surface area (Å²) in [7, 11) is 3.43. The molecule has 32 heavy (non-hydrogen) atoms. The molecule has 0 bridgehead atoms. The minimum atomic E-state index is -0.0422. The highest BCUT2D eigenvalue weighted by Crippen LogP contribution is 2.27. The number of aromatic hydroxyl groups is 1. The molecule has 174 valence electrons. The van der Waals surface area contributed by atoms with Gasteiger partial charge in [0, 0.05) is 45.8 Å². The Hall–Kier alpha value is -2.58. The van der Waals surface area contributed by atoms with Crippen molar-refractivity contribution in [3.05, 3.63) is 41.6 Å². The first-order valence-corrected chi connectivity index (χ1v) is 11.6. The van der Waals surface area contributed by atoms with Crippen molar-refractivity contribution in [3.8, 4) is 11.5 Å². The van der Waals surface area contributed by atoms with E-state index in [1.165, 1.54) is 25.5 Å². The molecule has 2 aromatic rings. The first-order valence-electron chi connectivity index (χ1n) is 11.6. The largest absolute Gasteiger partial charge is 0.504 e. The average Bonchev–Trinajstić information content (AvgIpc) is 3.28. The first-order chi connectivity index (χ1) is 15.5. The van der Waals surface area contributed by atoms with E-state index in [1.54, 1.807) is 19.2 Å². The number of oxazole rings is 1. The molecule has 1 amide bonds. The third-order valence-corrected chi connectivity index (χ3v) is 6.69. The second-order valence-corrected chi connectivity index (χ2v) is 8.89. The maximum atomic E-state index is 12.8. The Balaban J connectivity index is 1.25. The zero-order chi connectivity index (χ0) is 22.5. The van der Waals surface area contributed by atoms with Crippen molar-refractivity contribution in [2.24, 2.45) is 0 Å². The molecule has 2 aliphatic rings. The fourth-order valence-corrected chi connectivity index (χ4v) is 4.69. The molecule has 8 heteroatoms. The Kier molecular flexibility index (Phi) is 7.32. The lowest BCUT2D eigenvalue weighted by molar-refractivity contribution is 0.0690. The standard InChI is InChI=1S/C24H34N4O4/c1-26(19-6-4-3-5-7-19)24(30)20-17-32-23(25-20)16-28-12-10-27(11-13-28)15-18-8-9-22(31-2)21(29)14-18/h8-9,14,17,19,29H,3-7,10-13,15-16H2,1-2H3. The van der Waals surface area contributed by atoms with E-state index >= 15 is 0 Å². The summed E-state index contributed by atoms with van der Waals surface area (Å²) in [6, 6.07) is 5.87. The van der Waals surface area contributed by atoms with E-state index in [2.05, 4.69) is 14.8 Å². The van der Waals surface area contributed by atoms with Gasteiger partial charge in [0.15, 0.2) is 17.2 Å². The van der Waals surface area contributed by atoms with E-state index in [0.717, 1.165) is 51.1 Å². The zero-order valence-corrected chi connectivity index (χ0v) is 19.1. The molecule has 0 spiro atoms. The van der Waals surface area contributed by atoms with E-state index in [9.17, 15) is 9.90 Å². The van der Waals surface area contributed by atoms with Crippen LogP contribution in [0.5, 0.6) is 11.5 Å². The lowest BCUT2D eigenvalue weighted by Gasteiger charge is -2.34. The van der Waals surface area contributed by atoms with Crippen molar-refractivity contribution in [1.82, 2.24) is 19.7 Å². The summed E-state index contributed by atoms with van der Waals surface area (Å²) in [5.74, 6) is 1.22. The number of phenols is 1. The van der Waals surface area contributed by atoms with Crippen LogP contribution in [0.2, 0.25) is 0 Å². The van der Waals surface area contributed by atoms with Gasteiger partial charge in [-0.3, -0.25) is 14.6 Å². The van der Waals surface area contributed by atoms with Crippen molar-refractivity contribution >= 4 is 5.91 Å². The van der Waals surface area contributed by atoms with Crippen molar-refractivity contribution in [2.75, 3.05) is 40.3 Å². The number of aromatic nitrogens is 1. The molecule has 4 rings (SSSR count). The van der Waals surface area contributed by atoms with Crippen molar-refractivity contribution in [3.63, 3.8) is 0 Å². The first kappa shape index (κ1) is 22.6. The van der Waals surface area contributed by atoms with Crippen molar-refractivity contribution < 1.29 is 19.1 Å². The van der Waals surface area contributed by atoms with Crippen LogP contribution in [0.15, 0.2) is 28.9 Å². The molecule has 1 aromatic heterocycles. The predicted molar refractivity (Wildman–Crippen MR) is 121 cm³/mol. The molecule has 0 unspecified atom stereocenters. The number of nitrogens with zero attached hydrogens (tertiary/aromatic N) is 4. The van der Waals surface area contributed by atoms with Crippen LogP contribution in [-0.2, 0) is 13.1 Å². The number of carbonyl (C=O) groups is 1. The van der Waals surface area contributed by atoms with Crippen LogP contribution in [0.4, 0.5) is 0 Å². The van der Waals surface area contributed by atoms with E-state index in [4.69, 9.17) is 9.15 Å². The number of benzene rings is 1. The summed E-state index contributed by atoms with van der Waals surface area (Å²) in [5, 5.41) is 9.98. The van der Waals surface area contributed by atoms with Crippen LogP contribution in [0.25, 0.3) is 0 Å². The molecule has 0 radical (unpaired) electrons. The quantitative estimate of drug-likeness (QED) is 0.705. The third-order valence-electron chi connectivity index (χ3n) is 6.69. The molecule has 1 aliphatic carbocycles. The number of phenolic OH excluding ortho intramolecular Hbond substituents is 1. The van der Waals surface area contributed by atoms with Gasteiger partial charge in [-0.2, -0.15) is 0 Å². The second kappa shape index (κ2) is 10.4. The van der Waals surface area contributed by atoms with Gasteiger partial charge in [-0.1, -0.05) is 25.3 Å². The molecule has 1 saturated carbocycles. The molecule has 2 fully saturated rings. The fraction of sp³-hybridized carbons (Fsp3) is 0.583. The Morgan fingerprint density at radius 3 is 2.50 bits per heavy atom. The molecule has 1 saturated heterocycles. The highest BCUT2D eigenvalue weighted by atomic mass is 16.5. The number of rotatable bonds is 7.